The van der Waals surface area contributed by atoms with E-state index < -0.39 is 12.6 Å². The number of carbonyl (C=O) groups is 1. The first kappa shape index (κ1) is 15.8. The molecule has 0 saturated carbocycles. The fourth-order valence-electron chi connectivity index (χ4n) is 2.57. The summed E-state index contributed by atoms with van der Waals surface area (Å²) in [5, 5.41) is 32.5. The standard InChI is InChI=1S/C15H16N6O3/c1-2-3-12-16-11(8-22)13(15(23)24)21(12)10-6-4-9(5-7-10)14-17-19-20-18-14/h4-7,22H,2-3,8H2,1H3,(H,23,24)(H,17,18,19,20). The molecule has 3 N–H and O–H groups in total. The Kier molecular flexibility index (Phi) is 4.34. The average Bonchev–Trinajstić information content (AvgIpc) is 3.23. The number of rotatable bonds is 6. The quantitative estimate of drug-likeness (QED) is 0.619. The topological polar surface area (TPSA) is 130 Å². The van der Waals surface area contributed by atoms with Gasteiger partial charge in [-0.1, -0.05) is 6.92 Å². The number of carboxylic acid groups (broad SMARTS) is 1. The van der Waals surface area contributed by atoms with E-state index in [1.54, 1.807) is 28.8 Å². The number of nitrogens with one attached hydrogen (secondary N) is 1. The number of aliphatic hydroxyl groups is 1. The van der Waals surface area contributed by atoms with E-state index in [2.05, 4.69) is 25.6 Å². The van der Waals surface area contributed by atoms with E-state index in [-0.39, 0.29) is 11.4 Å². The third kappa shape index (κ3) is 2.76. The van der Waals surface area contributed by atoms with Crippen LogP contribution in [0.5, 0.6) is 0 Å². The number of aryl methyl sites for hydroxylation is 1. The molecule has 1 aromatic carbocycles. The number of aromatic amines is 1. The maximum atomic E-state index is 11.6. The van der Waals surface area contributed by atoms with Crippen LogP contribution < -0.4 is 0 Å². The van der Waals surface area contributed by atoms with Crippen LogP contribution in [-0.4, -0.2) is 46.4 Å². The Morgan fingerprint density at radius 1 is 1.29 bits per heavy atom. The molecule has 0 spiro atoms. The zero-order valence-electron chi connectivity index (χ0n) is 13.0. The van der Waals surface area contributed by atoms with Crippen LogP contribution in [0, 0.1) is 0 Å². The molecule has 0 fully saturated rings. The molecule has 0 bridgehead atoms. The monoisotopic (exact) mass is 328 g/mol. The fourth-order valence-corrected chi connectivity index (χ4v) is 2.57. The first-order valence-corrected chi connectivity index (χ1v) is 7.44. The number of aromatic carboxylic acids is 1. The van der Waals surface area contributed by atoms with Crippen molar-refractivity contribution in [2.75, 3.05) is 0 Å². The van der Waals surface area contributed by atoms with Crippen molar-refractivity contribution in [3.63, 3.8) is 0 Å². The molecule has 0 unspecified atom stereocenters. The number of aromatic nitrogens is 6. The number of hydrogen-bond donors (Lipinski definition) is 3. The van der Waals surface area contributed by atoms with Crippen molar-refractivity contribution < 1.29 is 15.0 Å². The minimum atomic E-state index is -1.13. The molecule has 2 heterocycles. The maximum Gasteiger partial charge on any atom is 0.354 e. The summed E-state index contributed by atoms with van der Waals surface area (Å²) in [6, 6.07) is 7.12. The lowest BCUT2D eigenvalue weighted by Crippen LogP contribution is -2.11. The van der Waals surface area contributed by atoms with E-state index in [1.165, 1.54) is 0 Å². The molecule has 3 aromatic rings. The average molecular weight is 328 g/mol. The molecule has 0 amide bonds. The Morgan fingerprint density at radius 3 is 2.58 bits per heavy atom. The van der Waals surface area contributed by atoms with Gasteiger partial charge in [0.2, 0.25) is 0 Å². The van der Waals surface area contributed by atoms with E-state index in [4.69, 9.17) is 0 Å². The van der Waals surface area contributed by atoms with Gasteiger partial charge in [0.25, 0.3) is 0 Å². The Labute approximate surface area is 137 Å². The normalized spacial score (nSPS) is 10.9. The van der Waals surface area contributed by atoms with Crippen LogP contribution in [0.15, 0.2) is 24.3 Å². The molecule has 9 heteroatoms. The highest BCUT2D eigenvalue weighted by Gasteiger charge is 2.22. The third-order valence-corrected chi connectivity index (χ3v) is 3.59. The molecule has 0 aliphatic carbocycles. The van der Waals surface area contributed by atoms with Crippen LogP contribution in [0.1, 0.15) is 35.4 Å². The van der Waals surface area contributed by atoms with Gasteiger partial charge in [0, 0.05) is 17.7 Å². The Bertz CT molecular complexity index is 839. The lowest BCUT2D eigenvalue weighted by atomic mass is 10.2. The van der Waals surface area contributed by atoms with Crippen LogP contribution in [0.25, 0.3) is 17.1 Å². The molecular weight excluding hydrogens is 312 g/mol. The van der Waals surface area contributed by atoms with Crippen LogP contribution >= 0.6 is 0 Å². The van der Waals surface area contributed by atoms with E-state index in [0.29, 0.717) is 23.8 Å². The molecular formula is C15H16N6O3. The summed E-state index contributed by atoms with van der Waals surface area (Å²) < 4.78 is 1.57. The van der Waals surface area contributed by atoms with Gasteiger partial charge in [0.15, 0.2) is 11.5 Å². The first-order valence-electron chi connectivity index (χ1n) is 7.44. The molecule has 0 radical (unpaired) electrons. The van der Waals surface area contributed by atoms with Crippen LogP contribution in [0.2, 0.25) is 0 Å². The molecule has 24 heavy (non-hydrogen) atoms. The number of hydrogen-bond acceptors (Lipinski definition) is 6. The van der Waals surface area contributed by atoms with Gasteiger partial charge in [-0.15, -0.1) is 5.10 Å². The largest absolute Gasteiger partial charge is 0.477 e. The van der Waals surface area contributed by atoms with Crippen molar-refractivity contribution in [1.82, 2.24) is 30.2 Å². The lowest BCUT2D eigenvalue weighted by Gasteiger charge is -2.10. The molecule has 3 rings (SSSR count). The van der Waals surface area contributed by atoms with Crippen molar-refractivity contribution in [2.45, 2.75) is 26.4 Å². The second kappa shape index (κ2) is 6.59. The SMILES string of the molecule is CCCc1nc(CO)c(C(=O)O)n1-c1ccc(-c2nnn[nH]2)cc1. The van der Waals surface area contributed by atoms with Gasteiger partial charge in [0.05, 0.1) is 12.3 Å². The number of H-pyrrole nitrogens is 1. The van der Waals surface area contributed by atoms with Gasteiger partial charge < -0.3 is 10.2 Å². The van der Waals surface area contributed by atoms with Crippen molar-refractivity contribution >= 4 is 5.97 Å². The predicted octanol–water partition coefficient (Wildman–Crippen LogP) is 1.20. The van der Waals surface area contributed by atoms with E-state index >= 15 is 0 Å². The summed E-state index contributed by atoms with van der Waals surface area (Å²) in [6.07, 6.45) is 1.41. The molecule has 2 aromatic heterocycles. The highest BCUT2D eigenvalue weighted by Crippen LogP contribution is 2.23. The molecule has 0 saturated heterocycles. The molecule has 0 atom stereocenters. The smallest absolute Gasteiger partial charge is 0.354 e. The fraction of sp³-hybridized carbons (Fsp3) is 0.267. The highest BCUT2D eigenvalue weighted by molar-refractivity contribution is 5.88. The van der Waals surface area contributed by atoms with Gasteiger partial charge in [-0.2, -0.15) is 0 Å². The Hall–Kier alpha value is -3.07. The summed E-state index contributed by atoms with van der Waals surface area (Å²) in [5.41, 5.74) is 1.57. The number of imidazole rings is 1. The number of nitrogens with zero attached hydrogens (tertiary/aromatic N) is 5. The number of carboxylic acids is 1. The molecule has 0 aliphatic heterocycles. The molecule has 124 valence electrons. The summed E-state index contributed by atoms with van der Waals surface area (Å²) >= 11 is 0. The van der Waals surface area contributed by atoms with Crippen molar-refractivity contribution in [3.8, 4) is 17.1 Å². The van der Waals surface area contributed by atoms with E-state index in [9.17, 15) is 15.0 Å². The van der Waals surface area contributed by atoms with Crippen molar-refractivity contribution in [1.29, 1.82) is 0 Å². The van der Waals surface area contributed by atoms with Crippen LogP contribution in [0.3, 0.4) is 0 Å². The summed E-state index contributed by atoms with van der Waals surface area (Å²) in [7, 11) is 0. The van der Waals surface area contributed by atoms with Gasteiger partial charge in [-0.3, -0.25) is 4.57 Å². The molecule has 9 nitrogen and oxygen atoms in total. The summed E-state index contributed by atoms with van der Waals surface area (Å²) in [4.78, 5) is 15.9. The minimum Gasteiger partial charge on any atom is -0.477 e. The Morgan fingerprint density at radius 2 is 2.04 bits per heavy atom. The maximum absolute atomic E-state index is 11.6. The predicted molar refractivity (Wildman–Crippen MR) is 83.6 cm³/mol. The zero-order valence-corrected chi connectivity index (χ0v) is 13.0. The Balaban J connectivity index is 2.10. The van der Waals surface area contributed by atoms with Crippen LogP contribution in [0.4, 0.5) is 0 Å². The van der Waals surface area contributed by atoms with Gasteiger partial charge >= 0.3 is 5.97 Å². The zero-order chi connectivity index (χ0) is 17.1. The highest BCUT2D eigenvalue weighted by atomic mass is 16.4. The third-order valence-electron chi connectivity index (χ3n) is 3.59. The van der Waals surface area contributed by atoms with Gasteiger partial charge in [-0.25, -0.2) is 14.9 Å². The lowest BCUT2D eigenvalue weighted by molar-refractivity contribution is 0.0684. The number of aliphatic hydroxyl groups excluding tert-OH is 1. The number of tetrazole rings is 1. The first-order chi connectivity index (χ1) is 11.7. The van der Waals surface area contributed by atoms with Crippen LogP contribution in [-0.2, 0) is 13.0 Å². The minimum absolute atomic E-state index is 0.0185. The second-order valence-electron chi connectivity index (χ2n) is 5.17. The van der Waals surface area contributed by atoms with Crippen molar-refractivity contribution in [3.05, 3.63) is 41.5 Å². The van der Waals surface area contributed by atoms with Crippen molar-refractivity contribution in [2.24, 2.45) is 0 Å². The van der Waals surface area contributed by atoms with Gasteiger partial charge in [0.1, 0.15) is 5.82 Å². The van der Waals surface area contributed by atoms with E-state index in [0.717, 1.165) is 12.0 Å². The summed E-state index contributed by atoms with van der Waals surface area (Å²) in [5.74, 6) is 0.000846. The van der Waals surface area contributed by atoms with Gasteiger partial charge in [-0.05, 0) is 41.1 Å². The van der Waals surface area contributed by atoms with E-state index in [1.807, 2.05) is 6.92 Å². The second-order valence-corrected chi connectivity index (χ2v) is 5.17. The number of benzene rings is 1. The summed E-state index contributed by atoms with van der Waals surface area (Å²) in [6.45, 7) is 1.56. The molecule has 0 aliphatic rings.